The van der Waals surface area contributed by atoms with Crippen LogP contribution in [0.3, 0.4) is 0 Å². The topological polar surface area (TPSA) is 49.4 Å². The van der Waals surface area contributed by atoms with E-state index < -0.39 is 0 Å². The number of amides is 2. The van der Waals surface area contributed by atoms with Gasteiger partial charge < -0.3 is 5.32 Å². The molecule has 0 radical (unpaired) electrons. The minimum atomic E-state index is -0.148. The maximum absolute atomic E-state index is 12.8. The van der Waals surface area contributed by atoms with Gasteiger partial charge in [0.25, 0.3) is 0 Å². The van der Waals surface area contributed by atoms with Crippen molar-refractivity contribution < 1.29 is 9.59 Å². The zero-order valence-corrected chi connectivity index (χ0v) is 13.6. The Labute approximate surface area is 146 Å². The highest BCUT2D eigenvalue weighted by Crippen LogP contribution is 2.53. The molecule has 2 aliphatic carbocycles. The van der Waals surface area contributed by atoms with Crippen molar-refractivity contribution in [2.24, 2.45) is 23.7 Å². The Morgan fingerprint density at radius 3 is 1.92 bits per heavy atom. The van der Waals surface area contributed by atoms with Crippen molar-refractivity contribution in [1.29, 1.82) is 0 Å². The summed E-state index contributed by atoms with van der Waals surface area (Å²) in [6, 6.07) is 17.4. The molecule has 2 fully saturated rings. The molecule has 2 aromatic rings. The number of para-hydroxylation sites is 1. The van der Waals surface area contributed by atoms with Gasteiger partial charge in [-0.1, -0.05) is 30.4 Å². The van der Waals surface area contributed by atoms with Crippen molar-refractivity contribution in [2.45, 2.75) is 6.42 Å². The van der Waals surface area contributed by atoms with Gasteiger partial charge in [-0.05, 0) is 54.7 Å². The van der Waals surface area contributed by atoms with Crippen LogP contribution in [0.5, 0.6) is 0 Å². The number of nitrogens with one attached hydrogen (secondary N) is 1. The molecule has 1 heterocycles. The molecular formula is C21H18N2O2. The van der Waals surface area contributed by atoms with Crippen molar-refractivity contribution in [3.05, 3.63) is 66.7 Å². The van der Waals surface area contributed by atoms with Gasteiger partial charge in [0, 0.05) is 11.4 Å². The summed E-state index contributed by atoms with van der Waals surface area (Å²) in [7, 11) is 0. The monoisotopic (exact) mass is 330 g/mol. The number of allylic oxidation sites excluding steroid dienone is 2. The first-order valence-electron chi connectivity index (χ1n) is 8.70. The van der Waals surface area contributed by atoms with Crippen molar-refractivity contribution in [3.63, 3.8) is 0 Å². The summed E-state index contributed by atoms with van der Waals surface area (Å²) in [4.78, 5) is 27.0. The second-order valence-electron chi connectivity index (χ2n) is 7.05. The molecule has 2 bridgehead atoms. The molecule has 1 saturated heterocycles. The van der Waals surface area contributed by atoms with Gasteiger partial charge in [-0.2, -0.15) is 0 Å². The summed E-state index contributed by atoms with van der Waals surface area (Å²) in [6.45, 7) is 0. The lowest BCUT2D eigenvalue weighted by Crippen LogP contribution is -2.32. The van der Waals surface area contributed by atoms with Crippen LogP contribution in [0.15, 0.2) is 66.7 Å². The summed E-state index contributed by atoms with van der Waals surface area (Å²) < 4.78 is 0. The van der Waals surface area contributed by atoms with Crippen molar-refractivity contribution in [1.82, 2.24) is 0 Å². The Bertz CT molecular complexity index is 843. The molecule has 0 aromatic heterocycles. The maximum atomic E-state index is 12.8. The van der Waals surface area contributed by atoms with E-state index in [9.17, 15) is 9.59 Å². The summed E-state index contributed by atoms with van der Waals surface area (Å²) in [5, 5.41) is 3.31. The molecule has 2 amide bonds. The zero-order chi connectivity index (χ0) is 17.0. The molecule has 1 saturated carbocycles. The first kappa shape index (κ1) is 14.5. The van der Waals surface area contributed by atoms with Gasteiger partial charge in [-0.3, -0.25) is 14.5 Å². The zero-order valence-electron chi connectivity index (χ0n) is 13.6. The molecule has 0 spiro atoms. The van der Waals surface area contributed by atoms with Gasteiger partial charge in [-0.25, -0.2) is 0 Å². The number of hydrogen-bond donors (Lipinski definition) is 1. The van der Waals surface area contributed by atoms with Gasteiger partial charge in [0.15, 0.2) is 0 Å². The number of benzene rings is 2. The van der Waals surface area contributed by atoms with Crippen LogP contribution in [0, 0.1) is 23.7 Å². The Morgan fingerprint density at radius 2 is 1.32 bits per heavy atom. The van der Waals surface area contributed by atoms with E-state index in [4.69, 9.17) is 0 Å². The standard InChI is InChI=1S/C21H18N2O2/c24-20-18-13-6-7-14(12-13)19(18)21(25)23(20)17-10-8-16(9-11-17)22-15-4-2-1-3-5-15/h1-11,13-14,18-19,22H,12H2/t13-,14-,18-,19+/m0/s1. The number of hydrogen-bond acceptors (Lipinski definition) is 3. The van der Waals surface area contributed by atoms with Crippen molar-refractivity contribution >= 4 is 28.9 Å². The first-order valence-corrected chi connectivity index (χ1v) is 8.70. The van der Waals surface area contributed by atoms with E-state index >= 15 is 0 Å². The highest BCUT2D eigenvalue weighted by atomic mass is 16.2. The second-order valence-corrected chi connectivity index (χ2v) is 7.05. The minimum Gasteiger partial charge on any atom is -0.356 e. The van der Waals surface area contributed by atoms with E-state index in [1.807, 2.05) is 54.6 Å². The van der Waals surface area contributed by atoms with Crippen LogP contribution in [-0.2, 0) is 9.59 Å². The molecule has 4 heteroatoms. The minimum absolute atomic E-state index is 0.0318. The van der Waals surface area contributed by atoms with Crippen LogP contribution in [0.2, 0.25) is 0 Å². The van der Waals surface area contributed by atoms with Crippen LogP contribution in [0.1, 0.15) is 6.42 Å². The molecule has 3 aliphatic rings. The van der Waals surface area contributed by atoms with E-state index in [1.165, 1.54) is 4.90 Å². The Hall–Kier alpha value is -2.88. The van der Waals surface area contributed by atoms with Gasteiger partial charge in [-0.15, -0.1) is 0 Å². The average Bonchev–Trinajstić information content (AvgIpc) is 3.31. The first-order chi connectivity index (χ1) is 12.2. The third kappa shape index (κ3) is 2.14. The summed E-state index contributed by atoms with van der Waals surface area (Å²) in [6.07, 6.45) is 5.20. The highest BCUT2D eigenvalue weighted by molar-refractivity contribution is 6.22. The van der Waals surface area contributed by atoms with E-state index in [2.05, 4.69) is 17.5 Å². The SMILES string of the molecule is O=C1[C@@H]2[C@H](C(=O)N1c1ccc(Nc3ccccc3)cc1)[C@H]1C=C[C@H]2C1. The van der Waals surface area contributed by atoms with Crippen LogP contribution < -0.4 is 10.2 Å². The van der Waals surface area contributed by atoms with Crippen LogP contribution in [-0.4, -0.2) is 11.8 Å². The molecule has 4 atom stereocenters. The van der Waals surface area contributed by atoms with Crippen LogP contribution in [0.25, 0.3) is 0 Å². The Balaban J connectivity index is 1.39. The van der Waals surface area contributed by atoms with Crippen molar-refractivity contribution in [3.8, 4) is 0 Å². The smallest absolute Gasteiger partial charge is 0.238 e. The number of rotatable bonds is 3. The quantitative estimate of drug-likeness (QED) is 0.689. The molecule has 4 nitrogen and oxygen atoms in total. The largest absolute Gasteiger partial charge is 0.356 e. The van der Waals surface area contributed by atoms with E-state index in [-0.39, 0.29) is 35.5 Å². The summed E-state index contributed by atoms with van der Waals surface area (Å²) in [5.41, 5.74) is 2.60. The number of carbonyl (C=O) groups excluding carboxylic acids is 2. The van der Waals surface area contributed by atoms with E-state index in [1.54, 1.807) is 0 Å². The second kappa shape index (κ2) is 5.31. The number of fused-ring (bicyclic) bond motifs is 5. The fourth-order valence-corrected chi connectivity index (χ4v) is 4.54. The van der Waals surface area contributed by atoms with E-state index in [0.29, 0.717) is 5.69 Å². The lowest BCUT2D eigenvalue weighted by atomic mass is 9.85. The number of anilines is 3. The van der Waals surface area contributed by atoms with Gasteiger partial charge in [0.2, 0.25) is 11.8 Å². The summed E-state index contributed by atoms with van der Waals surface area (Å²) in [5.74, 6) is 0.131. The maximum Gasteiger partial charge on any atom is 0.238 e. The lowest BCUT2D eigenvalue weighted by molar-refractivity contribution is -0.123. The molecule has 1 N–H and O–H groups in total. The predicted octanol–water partition coefficient (Wildman–Crippen LogP) is 3.74. The Morgan fingerprint density at radius 1 is 0.760 bits per heavy atom. The third-order valence-electron chi connectivity index (χ3n) is 5.66. The number of carbonyl (C=O) groups is 2. The molecule has 124 valence electrons. The predicted molar refractivity (Wildman–Crippen MR) is 96.4 cm³/mol. The normalized spacial score (nSPS) is 29.4. The fraction of sp³-hybridized carbons (Fsp3) is 0.238. The van der Waals surface area contributed by atoms with Crippen molar-refractivity contribution in [2.75, 3.05) is 10.2 Å². The molecule has 25 heavy (non-hydrogen) atoms. The highest BCUT2D eigenvalue weighted by Gasteiger charge is 2.59. The van der Waals surface area contributed by atoms with Gasteiger partial charge in [0.05, 0.1) is 17.5 Å². The third-order valence-corrected chi connectivity index (χ3v) is 5.66. The van der Waals surface area contributed by atoms with Gasteiger partial charge >= 0.3 is 0 Å². The van der Waals surface area contributed by atoms with E-state index in [0.717, 1.165) is 17.8 Å². The molecular weight excluding hydrogens is 312 g/mol. The number of imide groups is 1. The van der Waals surface area contributed by atoms with Gasteiger partial charge in [0.1, 0.15) is 0 Å². The average molecular weight is 330 g/mol. The lowest BCUT2D eigenvalue weighted by Gasteiger charge is -2.18. The van der Waals surface area contributed by atoms with Crippen LogP contribution in [0.4, 0.5) is 17.1 Å². The molecule has 1 aliphatic heterocycles. The Kier molecular flexibility index (Phi) is 3.07. The molecule has 2 aromatic carbocycles. The van der Waals surface area contributed by atoms with Crippen LogP contribution >= 0.6 is 0 Å². The molecule has 5 rings (SSSR count). The molecule has 0 unspecified atom stereocenters. The number of nitrogens with zero attached hydrogens (tertiary/aromatic N) is 1. The summed E-state index contributed by atoms with van der Waals surface area (Å²) >= 11 is 0. The fourth-order valence-electron chi connectivity index (χ4n) is 4.54.